The van der Waals surface area contributed by atoms with E-state index in [1.807, 2.05) is 0 Å². The fraction of sp³-hybridized carbons (Fsp3) is 0.833. The minimum Gasteiger partial charge on any atom is -0.303 e. The van der Waals surface area contributed by atoms with Crippen molar-refractivity contribution in [2.45, 2.75) is 26.7 Å². The highest BCUT2D eigenvalue weighted by atomic mass is 16.1. The van der Waals surface area contributed by atoms with Gasteiger partial charge in [-0.3, -0.25) is 0 Å². The van der Waals surface area contributed by atoms with Crippen LogP contribution in [0.25, 0.3) is 0 Å². The van der Waals surface area contributed by atoms with E-state index in [1.54, 1.807) is 0 Å². The van der Waals surface area contributed by atoms with Gasteiger partial charge in [0.2, 0.25) is 0 Å². The maximum Gasteiger partial charge on any atom is 0.120 e. The van der Waals surface area contributed by atoms with Crippen LogP contribution in [0.15, 0.2) is 0 Å². The van der Waals surface area contributed by atoms with Crippen LogP contribution in [0, 0.1) is 5.92 Å². The highest BCUT2D eigenvalue weighted by Crippen LogP contribution is 2.01. The lowest BCUT2D eigenvalue weighted by Crippen LogP contribution is -1.90. The molecule has 0 radical (unpaired) electrons. The number of carbonyl (C=O) groups excluding carboxylic acids is 1. The van der Waals surface area contributed by atoms with Gasteiger partial charge < -0.3 is 4.79 Å². The van der Waals surface area contributed by atoms with Gasteiger partial charge in [-0.05, 0) is 5.92 Å². The van der Waals surface area contributed by atoms with Crippen molar-refractivity contribution in [1.29, 1.82) is 0 Å². The summed E-state index contributed by atoms with van der Waals surface area (Å²) < 4.78 is 0. The predicted molar refractivity (Wildman–Crippen MR) is 30.1 cm³/mol. The molecular weight excluding hydrogens is 88.1 g/mol. The second-order valence-corrected chi connectivity index (χ2v) is 1.92. The molecule has 0 amide bonds. The van der Waals surface area contributed by atoms with Gasteiger partial charge in [-0.1, -0.05) is 20.3 Å². The number of carbonyl (C=O) groups is 1. The van der Waals surface area contributed by atoms with Crippen LogP contribution in [-0.2, 0) is 4.79 Å². The highest BCUT2D eigenvalue weighted by molar-refractivity contribution is 5.49. The molecule has 0 unspecified atom stereocenters. The molecule has 1 atom stereocenters. The van der Waals surface area contributed by atoms with Gasteiger partial charge in [-0.2, -0.15) is 0 Å². The molecule has 0 aromatic rings. The lowest BCUT2D eigenvalue weighted by molar-refractivity contribution is -0.108. The first-order chi connectivity index (χ1) is 3.31. The second-order valence-electron chi connectivity index (χ2n) is 1.92. The van der Waals surface area contributed by atoms with Gasteiger partial charge >= 0.3 is 0 Å². The molecule has 0 bridgehead atoms. The van der Waals surface area contributed by atoms with Crippen LogP contribution in [-0.4, -0.2) is 6.29 Å². The average molecular weight is 100 g/mol. The Kier molecular flexibility index (Phi) is 3.67. The first-order valence-corrected chi connectivity index (χ1v) is 2.74. The molecule has 0 aliphatic rings. The van der Waals surface area contributed by atoms with E-state index >= 15 is 0 Å². The number of rotatable bonds is 3. The van der Waals surface area contributed by atoms with Gasteiger partial charge in [-0.15, -0.1) is 0 Å². The van der Waals surface area contributed by atoms with Crippen molar-refractivity contribution >= 4 is 6.29 Å². The first kappa shape index (κ1) is 6.67. The SMILES string of the molecule is CC[C@@H](C)CC=O. The summed E-state index contributed by atoms with van der Waals surface area (Å²) in [5.41, 5.74) is 0. The van der Waals surface area contributed by atoms with Crippen LogP contribution in [0.5, 0.6) is 0 Å². The van der Waals surface area contributed by atoms with Crippen LogP contribution < -0.4 is 0 Å². The highest BCUT2D eigenvalue weighted by Gasteiger charge is 1.93. The molecular formula is C6H12O. The first-order valence-electron chi connectivity index (χ1n) is 2.74. The van der Waals surface area contributed by atoms with E-state index in [0.29, 0.717) is 5.92 Å². The molecule has 0 heterocycles. The van der Waals surface area contributed by atoms with Gasteiger partial charge in [0.05, 0.1) is 0 Å². The Hall–Kier alpha value is -0.330. The molecule has 0 rings (SSSR count). The summed E-state index contributed by atoms with van der Waals surface area (Å²) in [6, 6.07) is 0. The molecule has 0 aromatic heterocycles. The fourth-order valence-corrected chi connectivity index (χ4v) is 0.331. The average Bonchev–Trinajstić information content (AvgIpc) is 1.68. The summed E-state index contributed by atoms with van der Waals surface area (Å²) >= 11 is 0. The van der Waals surface area contributed by atoms with E-state index in [1.165, 1.54) is 0 Å². The summed E-state index contributed by atoms with van der Waals surface area (Å²) in [7, 11) is 0. The van der Waals surface area contributed by atoms with E-state index in [0.717, 1.165) is 19.1 Å². The van der Waals surface area contributed by atoms with Gasteiger partial charge in [0.25, 0.3) is 0 Å². The predicted octanol–water partition coefficient (Wildman–Crippen LogP) is 1.62. The third-order valence-electron chi connectivity index (χ3n) is 1.20. The minimum atomic E-state index is 0.581. The van der Waals surface area contributed by atoms with E-state index < -0.39 is 0 Å². The Labute approximate surface area is 44.7 Å². The molecule has 0 spiro atoms. The standard InChI is InChI=1S/C6H12O/c1-3-6(2)4-5-7/h5-6H,3-4H2,1-2H3/t6-/m1/s1. The van der Waals surface area contributed by atoms with Crippen molar-refractivity contribution < 1.29 is 4.79 Å². The van der Waals surface area contributed by atoms with E-state index in [9.17, 15) is 4.79 Å². The molecule has 0 saturated heterocycles. The van der Waals surface area contributed by atoms with Gasteiger partial charge in [-0.25, -0.2) is 0 Å². The Morgan fingerprint density at radius 1 is 1.71 bits per heavy atom. The van der Waals surface area contributed by atoms with Crippen LogP contribution in [0.1, 0.15) is 26.7 Å². The van der Waals surface area contributed by atoms with E-state index in [2.05, 4.69) is 13.8 Å². The zero-order chi connectivity index (χ0) is 5.70. The Bertz CT molecular complexity index is 50.1. The van der Waals surface area contributed by atoms with Crippen molar-refractivity contribution in [2.24, 2.45) is 5.92 Å². The zero-order valence-electron chi connectivity index (χ0n) is 4.98. The number of aldehydes is 1. The lowest BCUT2D eigenvalue weighted by Gasteiger charge is -1.98. The summed E-state index contributed by atoms with van der Waals surface area (Å²) in [5, 5.41) is 0. The normalized spacial score (nSPS) is 13.4. The summed E-state index contributed by atoms with van der Waals surface area (Å²) in [6.07, 6.45) is 2.81. The smallest absolute Gasteiger partial charge is 0.120 e. The molecule has 42 valence electrons. The molecule has 1 heteroatoms. The lowest BCUT2D eigenvalue weighted by atomic mass is 10.1. The summed E-state index contributed by atoms with van der Waals surface area (Å²) in [5.74, 6) is 0.581. The van der Waals surface area contributed by atoms with Crippen LogP contribution >= 0.6 is 0 Å². The molecule has 0 saturated carbocycles. The molecule has 0 aliphatic heterocycles. The number of hydrogen-bond acceptors (Lipinski definition) is 1. The Morgan fingerprint density at radius 2 is 2.29 bits per heavy atom. The maximum atomic E-state index is 9.77. The Balaban J connectivity index is 2.98. The van der Waals surface area contributed by atoms with E-state index in [4.69, 9.17) is 0 Å². The largest absolute Gasteiger partial charge is 0.303 e. The summed E-state index contributed by atoms with van der Waals surface area (Å²) in [4.78, 5) is 9.77. The van der Waals surface area contributed by atoms with Crippen LogP contribution in [0.3, 0.4) is 0 Å². The fourth-order valence-electron chi connectivity index (χ4n) is 0.331. The van der Waals surface area contributed by atoms with Crippen molar-refractivity contribution in [1.82, 2.24) is 0 Å². The second kappa shape index (κ2) is 3.85. The monoisotopic (exact) mass is 100 g/mol. The van der Waals surface area contributed by atoms with Crippen molar-refractivity contribution in [2.75, 3.05) is 0 Å². The van der Waals surface area contributed by atoms with Crippen LogP contribution in [0.4, 0.5) is 0 Å². The third kappa shape index (κ3) is 3.50. The molecule has 0 fully saturated rings. The van der Waals surface area contributed by atoms with Crippen LogP contribution in [0.2, 0.25) is 0 Å². The minimum absolute atomic E-state index is 0.581. The van der Waals surface area contributed by atoms with E-state index in [-0.39, 0.29) is 0 Å². The number of hydrogen-bond donors (Lipinski definition) is 0. The topological polar surface area (TPSA) is 17.1 Å². The Morgan fingerprint density at radius 3 is 2.43 bits per heavy atom. The zero-order valence-corrected chi connectivity index (χ0v) is 4.98. The van der Waals surface area contributed by atoms with Gasteiger partial charge in [0.15, 0.2) is 0 Å². The van der Waals surface area contributed by atoms with Gasteiger partial charge in [0.1, 0.15) is 6.29 Å². The molecule has 1 nitrogen and oxygen atoms in total. The summed E-state index contributed by atoms with van der Waals surface area (Å²) in [6.45, 7) is 4.17. The van der Waals surface area contributed by atoms with Crippen molar-refractivity contribution in [3.8, 4) is 0 Å². The van der Waals surface area contributed by atoms with Crippen molar-refractivity contribution in [3.05, 3.63) is 0 Å². The maximum absolute atomic E-state index is 9.77. The quantitative estimate of drug-likeness (QED) is 0.492. The molecule has 0 aromatic carbocycles. The molecule has 7 heavy (non-hydrogen) atoms. The molecule has 0 N–H and O–H groups in total. The van der Waals surface area contributed by atoms with Gasteiger partial charge in [0, 0.05) is 6.42 Å². The van der Waals surface area contributed by atoms with Crippen molar-refractivity contribution in [3.63, 3.8) is 0 Å². The third-order valence-corrected chi connectivity index (χ3v) is 1.20. The molecule has 0 aliphatic carbocycles.